The summed E-state index contributed by atoms with van der Waals surface area (Å²) < 4.78 is 0. The Labute approximate surface area is 119 Å². The van der Waals surface area contributed by atoms with Gasteiger partial charge in [0.25, 0.3) is 5.91 Å². The van der Waals surface area contributed by atoms with Crippen molar-refractivity contribution in [3.05, 3.63) is 35.4 Å². The highest BCUT2D eigenvalue weighted by Gasteiger charge is 2.19. The minimum absolute atomic E-state index is 0.0616. The first-order valence-electron chi connectivity index (χ1n) is 6.75. The molecule has 0 aliphatic carbocycles. The molecule has 5 heteroatoms. The van der Waals surface area contributed by atoms with Gasteiger partial charge in [0.1, 0.15) is 0 Å². The van der Waals surface area contributed by atoms with Gasteiger partial charge in [0.2, 0.25) is 0 Å². The fourth-order valence-corrected chi connectivity index (χ4v) is 1.88. The van der Waals surface area contributed by atoms with E-state index in [1.165, 1.54) is 0 Å². The highest BCUT2D eigenvalue weighted by molar-refractivity contribution is 5.94. The molecule has 4 N–H and O–H groups in total. The van der Waals surface area contributed by atoms with Crippen LogP contribution in [0.1, 0.15) is 36.2 Å². The number of carbonyl (C=O) groups excluding carboxylic acids is 1. The fourth-order valence-electron chi connectivity index (χ4n) is 1.88. The van der Waals surface area contributed by atoms with Gasteiger partial charge >= 0.3 is 5.97 Å². The molecule has 0 heterocycles. The molecule has 1 unspecified atom stereocenters. The number of hydrogen-bond donors (Lipinski definition) is 3. The number of carbonyl (C=O) groups is 2. The van der Waals surface area contributed by atoms with Crippen molar-refractivity contribution >= 4 is 11.9 Å². The third-order valence-electron chi connectivity index (χ3n) is 3.16. The Morgan fingerprint density at radius 1 is 1.25 bits per heavy atom. The van der Waals surface area contributed by atoms with E-state index in [1.54, 1.807) is 12.1 Å². The standard InChI is InChI=1S/C15H22N2O3/c1-10(2)13(9-14(18)19)17-15(20)12-5-3-11(4-6-12)7-8-16/h3-6,10,13H,7-9,16H2,1-2H3,(H,17,20)(H,18,19). The van der Waals surface area contributed by atoms with Crippen LogP contribution in [0.4, 0.5) is 0 Å². The van der Waals surface area contributed by atoms with Crippen molar-refractivity contribution in [1.82, 2.24) is 5.32 Å². The Balaban J connectivity index is 2.70. The molecule has 0 aliphatic rings. The molecule has 0 saturated heterocycles. The molecule has 0 spiro atoms. The average molecular weight is 278 g/mol. The van der Waals surface area contributed by atoms with Crippen molar-refractivity contribution in [2.75, 3.05) is 6.54 Å². The van der Waals surface area contributed by atoms with E-state index in [2.05, 4.69) is 5.32 Å². The lowest BCUT2D eigenvalue weighted by Crippen LogP contribution is -2.40. The molecule has 1 atom stereocenters. The van der Waals surface area contributed by atoms with E-state index in [4.69, 9.17) is 10.8 Å². The summed E-state index contributed by atoms with van der Waals surface area (Å²) >= 11 is 0. The second-order valence-corrected chi connectivity index (χ2v) is 5.16. The highest BCUT2D eigenvalue weighted by Crippen LogP contribution is 2.09. The summed E-state index contributed by atoms with van der Waals surface area (Å²) in [5.74, 6) is -1.10. The number of rotatable bonds is 7. The van der Waals surface area contributed by atoms with Crippen molar-refractivity contribution in [2.45, 2.75) is 32.7 Å². The molecule has 0 aromatic heterocycles. The molecule has 1 aromatic rings. The predicted molar refractivity (Wildman–Crippen MR) is 77.5 cm³/mol. The molecule has 5 nitrogen and oxygen atoms in total. The molecule has 1 aromatic carbocycles. The van der Waals surface area contributed by atoms with E-state index in [0.29, 0.717) is 12.1 Å². The molecule has 0 radical (unpaired) electrons. The largest absolute Gasteiger partial charge is 0.481 e. The van der Waals surface area contributed by atoms with E-state index < -0.39 is 5.97 Å². The van der Waals surface area contributed by atoms with E-state index in [1.807, 2.05) is 26.0 Å². The molecular weight excluding hydrogens is 256 g/mol. The summed E-state index contributed by atoms with van der Waals surface area (Å²) in [6.45, 7) is 4.34. The van der Waals surface area contributed by atoms with Crippen LogP contribution in [0.2, 0.25) is 0 Å². The molecule has 110 valence electrons. The molecule has 1 amide bonds. The molecular formula is C15H22N2O3. The number of aliphatic carboxylic acids is 1. The van der Waals surface area contributed by atoms with E-state index in [9.17, 15) is 9.59 Å². The zero-order valence-corrected chi connectivity index (χ0v) is 11.9. The van der Waals surface area contributed by atoms with Gasteiger partial charge < -0.3 is 16.2 Å². The fraction of sp³-hybridized carbons (Fsp3) is 0.467. The third-order valence-corrected chi connectivity index (χ3v) is 3.16. The zero-order valence-electron chi connectivity index (χ0n) is 11.9. The van der Waals surface area contributed by atoms with Crippen LogP contribution in [0.3, 0.4) is 0 Å². The lowest BCUT2D eigenvalue weighted by Gasteiger charge is -2.20. The quantitative estimate of drug-likeness (QED) is 0.703. The topological polar surface area (TPSA) is 92.4 Å². The molecule has 0 saturated carbocycles. The molecule has 1 rings (SSSR count). The SMILES string of the molecule is CC(C)C(CC(=O)O)NC(=O)c1ccc(CCN)cc1. The first kappa shape index (κ1) is 16.2. The van der Waals surface area contributed by atoms with Gasteiger partial charge in [0.15, 0.2) is 0 Å². The molecule has 20 heavy (non-hydrogen) atoms. The summed E-state index contributed by atoms with van der Waals surface area (Å²) in [6, 6.07) is 6.83. The van der Waals surface area contributed by atoms with Crippen molar-refractivity contribution in [1.29, 1.82) is 0 Å². The van der Waals surface area contributed by atoms with Crippen molar-refractivity contribution in [3.8, 4) is 0 Å². The van der Waals surface area contributed by atoms with Crippen molar-refractivity contribution < 1.29 is 14.7 Å². The summed E-state index contributed by atoms with van der Waals surface area (Å²) in [5.41, 5.74) is 7.08. The van der Waals surface area contributed by atoms with Gasteiger partial charge in [0, 0.05) is 11.6 Å². The molecule has 0 bridgehead atoms. The smallest absolute Gasteiger partial charge is 0.305 e. The van der Waals surface area contributed by atoms with Crippen LogP contribution in [0, 0.1) is 5.92 Å². The maximum Gasteiger partial charge on any atom is 0.305 e. The zero-order chi connectivity index (χ0) is 15.1. The van der Waals surface area contributed by atoms with Crippen LogP contribution in [0.25, 0.3) is 0 Å². The Morgan fingerprint density at radius 2 is 1.85 bits per heavy atom. The first-order chi connectivity index (χ1) is 9.43. The maximum atomic E-state index is 12.1. The number of amides is 1. The number of benzene rings is 1. The van der Waals surface area contributed by atoms with Gasteiger partial charge in [-0.25, -0.2) is 0 Å². The van der Waals surface area contributed by atoms with Gasteiger partial charge in [-0.1, -0.05) is 26.0 Å². The Kier molecular flexibility index (Phi) is 6.18. The van der Waals surface area contributed by atoms with Gasteiger partial charge in [-0.2, -0.15) is 0 Å². The van der Waals surface area contributed by atoms with Crippen LogP contribution in [0.15, 0.2) is 24.3 Å². The van der Waals surface area contributed by atoms with Crippen molar-refractivity contribution in [3.63, 3.8) is 0 Å². The summed E-state index contributed by atoms with van der Waals surface area (Å²) in [7, 11) is 0. The summed E-state index contributed by atoms with van der Waals surface area (Å²) in [6.07, 6.45) is 0.699. The second-order valence-electron chi connectivity index (χ2n) is 5.16. The van der Waals surface area contributed by atoms with Crippen LogP contribution in [-0.2, 0) is 11.2 Å². The number of carboxylic acids is 1. The van der Waals surface area contributed by atoms with E-state index >= 15 is 0 Å². The third kappa shape index (κ3) is 5.01. The monoisotopic (exact) mass is 278 g/mol. The van der Waals surface area contributed by atoms with Gasteiger partial charge in [0.05, 0.1) is 6.42 Å². The summed E-state index contributed by atoms with van der Waals surface area (Å²) in [5, 5.41) is 11.6. The van der Waals surface area contributed by atoms with Gasteiger partial charge in [-0.3, -0.25) is 9.59 Å². The molecule has 0 fully saturated rings. The van der Waals surface area contributed by atoms with Crippen molar-refractivity contribution in [2.24, 2.45) is 11.7 Å². The Morgan fingerprint density at radius 3 is 2.30 bits per heavy atom. The van der Waals surface area contributed by atoms with Crippen LogP contribution < -0.4 is 11.1 Å². The highest BCUT2D eigenvalue weighted by atomic mass is 16.4. The van der Waals surface area contributed by atoms with Crippen LogP contribution in [-0.4, -0.2) is 29.6 Å². The Hall–Kier alpha value is -1.88. The average Bonchev–Trinajstić information content (AvgIpc) is 2.38. The van der Waals surface area contributed by atoms with E-state index in [-0.39, 0.29) is 24.3 Å². The predicted octanol–water partition coefficient (Wildman–Crippen LogP) is 1.42. The van der Waals surface area contributed by atoms with Crippen LogP contribution >= 0.6 is 0 Å². The molecule has 0 aliphatic heterocycles. The first-order valence-corrected chi connectivity index (χ1v) is 6.75. The number of nitrogens with two attached hydrogens (primary N) is 1. The van der Waals surface area contributed by atoms with E-state index in [0.717, 1.165) is 12.0 Å². The second kappa shape index (κ2) is 7.65. The maximum absolute atomic E-state index is 12.1. The minimum Gasteiger partial charge on any atom is -0.481 e. The minimum atomic E-state index is -0.915. The summed E-state index contributed by atoms with van der Waals surface area (Å²) in [4.78, 5) is 22.9. The van der Waals surface area contributed by atoms with Gasteiger partial charge in [-0.15, -0.1) is 0 Å². The Bertz CT molecular complexity index is 455. The lowest BCUT2D eigenvalue weighted by atomic mass is 10.00. The normalized spacial score (nSPS) is 12.2. The number of hydrogen-bond acceptors (Lipinski definition) is 3. The van der Waals surface area contributed by atoms with Crippen LogP contribution in [0.5, 0.6) is 0 Å². The van der Waals surface area contributed by atoms with Gasteiger partial charge in [-0.05, 0) is 36.6 Å². The lowest BCUT2D eigenvalue weighted by molar-refractivity contribution is -0.137. The number of carboxylic acid groups (broad SMARTS) is 1. The number of nitrogens with one attached hydrogen (secondary N) is 1.